The van der Waals surface area contributed by atoms with Crippen molar-refractivity contribution < 1.29 is 13.6 Å². The molecule has 0 aromatic heterocycles. The summed E-state index contributed by atoms with van der Waals surface area (Å²) >= 11 is 0. The van der Waals surface area contributed by atoms with Crippen molar-refractivity contribution in [3.05, 3.63) is 70.8 Å². The van der Waals surface area contributed by atoms with E-state index in [0.29, 0.717) is 17.7 Å². The highest BCUT2D eigenvalue weighted by Crippen LogP contribution is 2.08. The first kappa shape index (κ1) is 14.1. The first-order valence-corrected chi connectivity index (χ1v) is 6.10. The fraction of sp³-hybridized carbons (Fsp3) is 0.133. The summed E-state index contributed by atoms with van der Waals surface area (Å²) < 4.78 is 26.0. The van der Waals surface area contributed by atoms with Crippen LogP contribution in [0.1, 0.15) is 21.5 Å². The number of amides is 1. The van der Waals surface area contributed by atoms with Gasteiger partial charge in [-0.05, 0) is 35.4 Å². The Kier molecular flexibility index (Phi) is 4.42. The quantitative estimate of drug-likeness (QED) is 0.900. The average Bonchev–Trinajstić information content (AvgIpc) is 2.44. The van der Waals surface area contributed by atoms with E-state index in [1.54, 1.807) is 24.3 Å². The summed E-state index contributed by atoms with van der Waals surface area (Å²) in [4.78, 5) is 11.9. The number of carbonyl (C=O) groups excluding carboxylic acids is 1. The molecule has 0 radical (unpaired) electrons. The second-order valence-electron chi connectivity index (χ2n) is 4.36. The third-order valence-electron chi connectivity index (χ3n) is 2.83. The van der Waals surface area contributed by atoms with Crippen LogP contribution in [0.25, 0.3) is 0 Å². The molecule has 0 saturated heterocycles. The van der Waals surface area contributed by atoms with Crippen LogP contribution in [0.5, 0.6) is 0 Å². The van der Waals surface area contributed by atoms with Gasteiger partial charge in [0.1, 0.15) is 11.6 Å². The Hall–Kier alpha value is -2.27. The number of nitrogens with two attached hydrogens (primary N) is 1. The van der Waals surface area contributed by atoms with Gasteiger partial charge in [-0.2, -0.15) is 0 Å². The lowest BCUT2D eigenvalue weighted by Crippen LogP contribution is -2.22. The van der Waals surface area contributed by atoms with Gasteiger partial charge in [-0.15, -0.1) is 0 Å². The fourth-order valence-corrected chi connectivity index (χ4v) is 1.79. The number of benzene rings is 2. The third-order valence-corrected chi connectivity index (χ3v) is 2.83. The molecule has 5 heteroatoms. The summed E-state index contributed by atoms with van der Waals surface area (Å²) in [6.45, 7) is 0.469. The molecule has 0 aliphatic heterocycles. The van der Waals surface area contributed by atoms with Gasteiger partial charge in [-0.25, -0.2) is 8.78 Å². The van der Waals surface area contributed by atoms with E-state index < -0.39 is 11.6 Å². The number of hydrogen-bond acceptors (Lipinski definition) is 2. The fourth-order valence-electron chi connectivity index (χ4n) is 1.79. The Morgan fingerprint density at radius 3 is 2.15 bits per heavy atom. The number of nitrogens with one attached hydrogen (secondary N) is 1. The minimum absolute atomic E-state index is 0.0617. The maximum Gasteiger partial charge on any atom is 0.251 e. The van der Waals surface area contributed by atoms with E-state index >= 15 is 0 Å². The van der Waals surface area contributed by atoms with Gasteiger partial charge < -0.3 is 11.1 Å². The topological polar surface area (TPSA) is 55.1 Å². The van der Waals surface area contributed by atoms with Crippen molar-refractivity contribution >= 4 is 5.91 Å². The zero-order chi connectivity index (χ0) is 14.5. The molecule has 0 spiro atoms. The van der Waals surface area contributed by atoms with Gasteiger partial charge in [0.2, 0.25) is 0 Å². The van der Waals surface area contributed by atoms with Crippen molar-refractivity contribution in [1.29, 1.82) is 0 Å². The van der Waals surface area contributed by atoms with Crippen molar-refractivity contribution in [2.45, 2.75) is 13.1 Å². The predicted molar refractivity (Wildman–Crippen MR) is 71.9 cm³/mol. The van der Waals surface area contributed by atoms with Crippen LogP contribution >= 0.6 is 0 Å². The smallest absolute Gasteiger partial charge is 0.251 e. The molecule has 1 amide bonds. The number of carbonyl (C=O) groups is 1. The maximum atomic E-state index is 13.0. The molecule has 0 bridgehead atoms. The molecule has 2 aromatic rings. The Balaban J connectivity index is 2.00. The Bertz CT molecular complexity index is 592. The van der Waals surface area contributed by atoms with Crippen LogP contribution in [0.2, 0.25) is 0 Å². The molecule has 0 saturated carbocycles. The first-order valence-electron chi connectivity index (χ1n) is 6.10. The molecule has 3 nitrogen and oxygen atoms in total. The standard InChI is InChI=1S/C15H14F2N2O/c16-13-5-11(6-14(17)7-13)9-19-15(20)12-3-1-10(8-18)2-4-12/h1-7H,8-9,18H2,(H,19,20). The van der Waals surface area contributed by atoms with Gasteiger partial charge in [0.25, 0.3) is 5.91 Å². The van der Waals surface area contributed by atoms with Crippen LogP contribution in [0.3, 0.4) is 0 Å². The van der Waals surface area contributed by atoms with Crippen molar-refractivity contribution in [3.8, 4) is 0 Å². The van der Waals surface area contributed by atoms with Crippen LogP contribution < -0.4 is 11.1 Å². The molecule has 0 aliphatic carbocycles. The van der Waals surface area contributed by atoms with Crippen molar-refractivity contribution in [3.63, 3.8) is 0 Å². The molecule has 20 heavy (non-hydrogen) atoms. The van der Waals surface area contributed by atoms with Gasteiger partial charge in [0.15, 0.2) is 0 Å². The lowest BCUT2D eigenvalue weighted by atomic mass is 10.1. The normalized spacial score (nSPS) is 10.3. The highest BCUT2D eigenvalue weighted by molar-refractivity contribution is 5.94. The van der Waals surface area contributed by atoms with E-state index in [2.05, 4.69) is 5.32 Å². The van der Waals surface area contributed by atoms with Crippen LogP contribution in [0.4, 0.5) is 8.78 Å². The van der Waals surface area contributed by atoms with E-state index in [-0.39, 0.29) is 12.5 Å². The minimum Gasteiger partial charge on any atom is -0.348 e. The van der Waals surface area contributed by atoms with Crippen molar-refractivity contribution in [2.75, 3.05) is 0 Å². The Morgan fingerprint density at radius 2 is 1.60 bits per heavy atom. The molecular formula is C15H14F2N2O. The summed E-state index contributed by atoms with van der Waals surface area (Å²) in [5, 5.41) is 2.60. The van der Waals surface area contributed by atoms with Crippen LogP contribution in [-0.4, -0.2) is 5.91 Å². The van der Waals surface area contributed by atoms with Gasteiger partial charge in [0.05, 0.1) is 0 Å². The zero-order valence-electron chi connectivity index (χ0n) is 10.7. The van der Waals surface area contributed by atoms with E-state index in [1.165, 1.54) is 12.1 Å². The highest BCUT2D eigenvalue weighted by atomic mass is 19.1. The van der Waals surface area contributed by atoms with E-state index in [9.17, 15) is 13.6 Å². The van der Waals surface area contributed by atoms with E-state index in [0.717, 1.165) is 11.6 Å². The minimum atomic E-state index is -0.665. The van der Waals surface area contributed by atoms with Gasteiger partial charge >= 0.3 is 0 Å². The van der Waals surface area contributed by atoms with E-state index in [1.807, 2.05) is 0 Å². The number of hydrogen-bond donors (Lipinski definition) is 2. The van der Waals surface area contributed by atoms with Crippen molar-refractivity contribution in [1.82, 2.24) is 5.32 Å². The van der Waals surface area contributed by atoms with Gasteiger partial charge in [-0.1, -0.05) is 12.1 Å². The predicted octanol–water partition coefficient (Wildman–Crippen LogP) is 2.35. The monoisotopic (exact) mass is 276 g/mol. The van der Waals surface area contributed by atoms with Gasteiger partial charge in [0, 0.05) is 24.7 Å². The van der Waals surface area contributed by atoms with Crippen LogP contribution in [0, 0.1) is 11.6 Å². The second-order valence-corrected chi connectivity index (χ2v) is 4.36. The lowest BCUT2D eigenvalue weighted by Gasteiger charge is -2.06. The average molecular weight is 276 g/mol. The van der Waals surface area contributed by atoms with Crippen molar-refractivity contribution in [2.24, 2.45) is 5.73 Å². The lowest BCUT2D eigenvalue weighted by molar-refractivity contribution is 0.0951. The summed E-state index contributed by atoms with van der Waals surface area (Å²) in [7, 11) is 0. The molecule has 0 fully saturated rings. The maximum absolute atomic E-state index is 13.0. The Morgan fingerprint density at radius 1 is 1.00 bits per heavy atom. The molecule has 0 heterocycles. The summed E-state index contributed by atoms with van der Waals surface area (Å²) in [6.07, 6.45) is 0. The molecule has 0 aliphatic rings. The zero-order valence-corrected chi connectivity index (χ0v) is 10.7. The molecule has 0 atom stereocenters. The SMILES string of the molecule is NCc1ccc(C(=O)NCc2cc(F)cc(F)c2)cc1. The molecule has 2 rings (SSSR count). The first-order chi connectivity index (χ1) is 9.58. The number of halogens is 2. The van der Waals surface area contributed by atoms with Crippen LogP contribution in [0.15, 0.2) is 42.5 Å². The number of rotatable bonds is 4. The Labute approximate surface area is 115 Å². The van der Waals surface area contributed by atoms with Crippen LogP contribution in [-0.2, 0) is 13.1 Å². The summed E-state index contributed by atoms with van der Waals surface area (Å²) in [5.41, 5.74) is 7.23. The molecular weight excluding hydrogens is 262 g/mol. The largest absolute Gasteiger partial charge is 0.348 e. The second kappa shape index (κ2) is 6.25. The summed E-state index contributed by atoms with van der Waals surface area (Å²) in [6, 6.07) is 9.99. The molecule has 3 N–H and O–H groups in total. The molecule has 104 valence electrons. The molecule has 0 unspecified atom stereocenters. The van der Waals surface area contributed by atoms with E-state index in [4.69, 9.17) is 5.73 Å². The highest BCUT2D eigenvalue weighted by Gasteiger charge is 2.06. The van der Waals surface area contributed by atoms with Gasteiger partial charge in [-0.3, -0.25) is 4.79 Å². The third kappa shape index (κ3) is 3.61. The summed E-state index contributed by atoms with van der Waals surface area (Å²) in [5.74, 6) is -1.64. The molecule has 2 aromatic carbocycles.